The highest BCUT2D eigenvalue weighted by Crippen LogP contribution is 2.26. The van der Waals surface area contributed by atoms with Crippen LogP contribution in [0.15, 0.2) is 83.9 Å². The van der Waals surface area contributed by atoms with Gasteiger partial charge >= 0.3 is 0 Å². The number of rotatable bonds is 7. The number of hydrogen-bond acceptors (Lipinski definition) is 5. The molecule has 0 saturated heterocycles. The zero-order valence-electron chi connectivity index (χ0n) is 19.3. The molecule has 8 nitrogen and oxygen atoms in total. The fourth-order valence-corrected chi connectivity index (χ4v) is 4.32. The monoisotopic (exact) mass is 494 g/mol. The lowest BCUT2D eigenvalue weighted by atomic mass is 10.1. The molecule has 35 heavy (non-hydrogen) atoms. The van der Waals surface area contributed by atoms with E-state index in [1.165, 1.54) is 55.2 Å². The van der Waals surface area contributed by atoms with Gasteiger partial charge in [0.15, 0.2) is 0 Å². The van der Waals surface area contributed by atoms with Crippen molar-refractivity contribution in [1.29, 1.82) is 0 Å². The van der Waals surface area contributed by atoms with E-state index in [-0.39, 0.29) is 10.7 Å². The average Bonchev–Trinajstić information content (AvgIpc) is 3.30. The molecule has 180 valence electrons. The summed E-state index contributed by atoms with van der Waals surface area (Å²) in [7, 11) is -1.26. The molecule has 0 unspecified atom stereocenters. The highest BCUT2D eigenvalue weighted by atomic mass is 32.2. The van der Waals surface area contributed by atoms with E-state index in [2.05, 4.69) is 10.4 Å². The Morgan fingerprint density at radius 3 is 2.23 bits per heavy atom. The minimum atomic E-state index is -3.80. The van der Waals surface area contributed by atoms with Crippen molar-refractivity contribution < 1.29 is 22.4 Å². The fourth-order valence-electron chi connectivity index (χ4n) is 3.35. The molecule has 1 N–H and O–H groups in total. The van der Waals surface area contributed by atoms with Crippen LogP contribution in [0, 0.1) is 12.7 Å². The van der Waals surface area contributed by atoms with Crippen molar-refractivity contribution in [3.05, 3.63) is 95.9 Å². The summed E-state index contributed by atoms with van der Waals surface area (Å²) >= 11 is 0. The number of nitrogens with one attached hydrogen (secondary N) is 1. The highest BCUT2D eigenvalue weighted by Gasteiger charge is 2.22. The van der Waals surface area contributed by atoms with Gasteiger partial charge in [0, 0.05) is 24.5 Å². The van der Waals surface area contributed by atoms with E-state index in [0.717, 1.165) is 15.6 Å². The zero-order chi connectivity index (χ0) is 25.2. The molecule has 1 aromatic heterocycles. The topological polar surface area (TPSA) is 93.5 Å². The minimum absolute atomic E-state index is 0.0179. The number of anilines is 1. The van der Waals surface area contributed by atoms with E-state index in [1.54, 1.807) is 18.3 Å². The first-order valence-electron chi connectivity index (χ1n) is 10.6. The van der Waals surface area contributed by atoms with E-state index < -0.39 is 15.9 Å². The maximum Gasteiger partial charge on any atom is 0.264 e. The number of aryl methyl sites for hydroxylation is 1. The van der Waals surface area contributed by atoms with E-state index in [0.29, 0.717) is 22.6 Å². The quantitative estimate of drug-likeness (QED) is 0.384. The number of halogens is 1. The molecule has 0 atom stereocenters. The Morgan fingerprint density at radius 1 is 1.00 bits per heavy atom. The van der Waals surface area contributed by atoms with Gasteiger partial charge in [-0.05, 0) is 55.5 Å². The summed E-state index contributed by atoms with van der Waals surface area (Å²) in [6, 6.07) is 19.1. The second kappa shape index (κ2) is 9.79. The Hall–Kier alpha value is -3.86. The maximum atomic E-state index is 13.4. The van der Waals surface area contributed by atoms with Crippen LogP contribution < -0.4 is 5.32 Å². The Balaban J connectivity index is 1.67. The van der Waals surface area contributed by atoms with Crippen LogP contribution in [0.25, 0.3) is 16.9 Å². The fraction of sp³-hybridized carbons (Fsp3) is 0.120. The van der Waals surface area contributed by atoms with E-state index in [9.17, 15) is 17.6 Å². The van der Waals surface area contributed by atoms with Gasteiger partial charge in [-0.3, -0.25) is 9.63 Å². The molecule has 0 spiro atoms. The zero-order valence-corrected chi connectivity index (χ0v) is 20.1. The lowest BCUT2D eigenvalue weighted by molar-refractivity contribution is -0.0258. The lowest BCUT2D eigenvalue weighted by Crippen LogP contribution is -2.25. The molecule has 0 aliphatic carbocycles. The van der Waals surface area contributed by atoms with Gasteiger partial charge in [0.2, 0.25) is 0 Å². The van der Waals surface area contributed by atoms with Crippen LogP contribution in [0.2, 0.25) is 0 Å². The summed E-state index contributed by atoms with van der Waals surface area (Å²) in [4.78, 5) is 18.0. The maximum absolute atomic E-state index is 13.4. The lowest BCUT2D eigenvalue weighted by Gasteiger charge is -2.14. The number of carbonyl (C=O) groups is 1. The molecule has 0 saturated carbocycles. The molecule has 0 bridgehead atoms. The van der Waals surface area contributed by atoms with Crippen molar-refractivity contribution in [2.75, 3.05) is 19.5 Å². The SMILES string of the molecule is CON(C)S(=O)(=O)c1ccc(NC(=O)c2cn(-c3ccc(F)cc3)nc2-c2ccc(C)cc2)cc1. The van der Waals surface area contributed by atoms with Crippen molar-refractivity contribution in [2.45, 2.75) is 11.8 Å². The third-order valence-electron chi connectivity index (χ3n) is 5.38. The molecule has 0 aliphatic rings. The minimum Gasteiger partial charge on any atom is -0.322 e. The number of aromatic nitrogens is 2. The molecule has 0 radical (unpaired) electrons. The highest BCUT2D eigenvalue weighted by molar-refractivity contribution is 7.89. The van der Waals surface area contributed by atoms with Gasteiger partial charge < -0.3 is 5.32 Å². The Kier molecular flexibility index (Phi) is 6.79. The van der Waals surface area contributed by atoms with E-state index in [1.807, 2.05) is 31.2 Å². The predicted molar refractivity (Wildman–Crippen MR) is 130 cm³/mol. The van der Waals surface area contributed by atoms with Crippen LogP contribution in [0.5, 0.6) is 0 Å². The van der Waals surface area contributed by atoms with Crippen molar-refractivity contribution in [3.8, 4) is 16.9 Å². The first-order valence-corrected chi connectivity index (χ1v) is 12.0. The standard InChI is InChI=1S/C25H23FN4O4S/c1-17-4-6-18(7-5-17)24-23(16-30(28-24)21-12-8-19(26)9-13-21)25(31)27-20-10-14-22(15-11-20)35(32,33)29(2)34-3/h4-16H,1-3H3,(H,27,31). The van der Waals surface area contributed by atoms with Gasteiger partial charge in [0.05, 0.1) is 23.3 Å². The third kappa shape index (κ3) is 5.14. The summed E-state index contributed by atoms with van der Waals surface area (Å²) in [6.07, 6.45) is 1.57. The van der Waals surface area contributed by atoms with Crippen LogP contribution in [0.1, 0.15) is 15.9 Å². The Morgan fingerprint density at radius 2 is 1.63 bits per heavy atom. The number of carbonyl (C=O) groups excluding carboxylic acids is 1. The molecule has 1 heterocycles. The van der Waals surface area contributed by atoms with Crippen LogP contribution in [0.3, 0.4) is 0 Å². The van der Waals surface area contributed by atoms with Crippen LogP contribution >= 0.6 is 0 Å². The van der Waals surface area contributed by atoms with Gasteiger partial charge in [-0.1, -0.05) is 34.3 Å². The van der Waals surface area contributed by atoms with Gasteiger partial charge in [0.1, 0.15) is 11.5 Å². The van der Waals surface area contributed by atoms with Crippen molar-refractivity contribution in [3.63, 3.8) is 0 Å². The average molecular weight is 495 g/mol. The number of benzene rings is 3. The molecule has 0 fully saturated rings. The molecule has 1 amide bonds. The normalized spacial score (nSPS) is 11.6. The van der Waals surface area contributed by atoms with E-state index >= 15 is 0 Å². The summed E-state index contributed by atoms with van der Waals surface area (Å²) in [5, 5.41) is 7.37. The summed E-state index contributed by atoms with van der Waals surface area (Å²) in [6.45, 7) is 1.96. The second-order valence-corrected chi connectivity index (χ2v) is 9.69. The number of hydrogen-bond donors (Lipinski definition) is 1. The summed E-state index contributed by atoms with van der Waals surface area (Å²) < 4.78 is 40.4. The van der Waals surface area contributed by atoms with Crippen LogP contribution in [0.4, 0.5) is 10.1 Å². The summed E-state index contributed by atoms with van der Waals surface area (Å²) in [5.41, 5.74) is 3.55. The van der Waals surface area contributed by atoms with Crippen molar-refractivity contribution in [1.82, 2.24) is 14.2 Å². The molecule has 10 heteroatoms. The first kappa shape index (κ1) is 24.3. The Labute approximate surface area is 202 Å². The predicted octanol–water partition coefficient (Wildman–Crippen LogP) is 4.42. The smallest absolute Gasteiger partial charge is 0.264 e. The third-order valence-corrected chi connectivity index (χ3v) is 7.07. The molecule has 0 aliphatic heterocycles. The van der Waals surface area contributed by atoms with Crippen molar-refractivity contribution in [2.24, 2.45) is 0 Å². The first-order chi connectivity index (χ1) is 16.7. The second-order valence-electron chi connectivity index (χ2n) is 7.75. The molecule has 3 aromatic carbocycles. The Bertz CT molecular complexity index is 1450. The van der Waals surface area contributed by atoms with Crippen LogP contribution in [-0.2, 0) is 14.9 Å². The number of hydroxylamine groups is 1. The van der Waals surface area contributed by atoms with Gasteiger partial charge in [-0.15, -0.1) is 0 Å². The van der Waals surface area contributed by atoms with Gasteiger partial charge in [0.25, 0.3) is 15.9 Å². The number of amides is 1. The van der Waals surface area contributed by atoms with E-state index in [4.69, 9.17) is 4.84 Å². The van der Waals surface area contributed by atoms with Crippen molar-refractivity contribution >= 4 is 21.6 Å². The summed E-state index contributed by atoms with van der Waals surface area (Å²) in [5.74, 6) is -0.807. The molecule has 4 rings (SSSR count). The van der Waals surface area contributed by atoms with Gasteiger partial charge in [-0.2, -0.15) is 5.10 Å². The molecular weight excluding hydrogens is 471 g/mol. The largest absolute Gasteiger partial charge is 0.322 e. The molecule has 4 aromatic rings. The van der Waals surface area contributed by atoms with Crippen LogP contribution in [-0.4, -0.2) is 42.7 Å². The van der Waals surface area contributed by atoms with Gasteiger partial charge in [-0.25, -0.2) is 17.5 Å². The number of nitrogens with zero attached hydrogens (tertiary/aromatic N) is 3. The number of sulfonamides is 1. The molecular formula is C25H23FN4O4S.